The van der Waals surface area contributed by atoms with Gasteiger partial charge in [-0.25, -0.2) is 9.97 Å². The second-order valence-corrected chi connectivity index (χ2v) is 6.56. The minimum atomic E-state index is -0.130. The van der Waals surface area contributed by atoms with E-state index in [1.54, 1.807) is 11.7 Å². The van der Waals surface area contributed by atoms with Gasteiger partial charge >= 0.3 is 0 Å². The number of anilines is 1. The van der Waals surface area contributed by atoms with Crippen molar-refractivity contribution in [1.82, 2.24) is 19.5 Å². The first-order valence-electron chi connectivity index (χ1n) is 8.15. The molecular formula is C17H21N5O3S. The predicted molar refractivity (Wildman–Crippen MR) is 100 cm³/mol. The van der Waals surface area contributed by atoms with Crippen molar-refractivity contribution in [2.45, 2.75) is 11.7 Å². The first-order chi connectivity index (χ1) is 12.7. The van der Waals surface area contributed by atoms with Crippen molar-refractivity contribution in [3.63, 3.8) is 0 Å². The molecule has 138 valence electrons. The van der Waals surface area contributed by atoms with Crippen molar-refractivity contribution in [2.24, 2.45) is 0 Å². The molecular weight excluding hydrogens is 354 g/mol. The van der Waals surface area contributed by atoms with Gasteiger partial charge in [0, 0.05) is 12.9 Å². The van der Waals surface area contributed by atoms with Crippen molar-refractivity contribution in [3.8, 4) is 6.01 Å². The van der Waals surface area contributed by atoms with Gasteiger partial charge in [-0.05, 0) is 5.56 Å². The Hall–Kier alpha value is -2.36. The molecule has 0 amide bonds. The van der Waals surface area contributed by atoms with Crippen LogP contribution in [0.25, 0.3) is 11.2 Å². The van der Waals surface area contributed by atoms with E-state index in [4.69, 9.17) is 15.2 Å². The molecule has 2 aromatic heterocycles. The van der Waals surface area contributed by atoms with E-state index in [0.29, 0.717) is 48.4 Å². The number of aromatic hydroxyl groups is 1. The van der Waals surface area contributed by atoms with Gasteiger partial charge in [0.2, 0.25) is 0 Å². The molecule has 26 heavy (non-hydrogen) atoms. The number of methoxy groups -OCH3 is 1. The van der Waals surface area contributed by atoms with Crippen LogP contribution in [-0.4, -0.2) is 57.3 Å². The number of fused-ring (bicyclic) bond motifs is 1. The maximum absolute atomic E-state index is 10.2. The Morgan fingerprint density at radius 3 is 2.69 bits per heavy atom. The number of hydrogen-bond acceptors (Lipinski definition) is 8. The fraction of sp³-hybridized carbons (Fsp3) is 0.353. The van der Waals surface area contributed by atoms with Crippen LogP contribution in [0.4, 0.5) is 5.82 Å². The Balaban J connectivity index is 1.76. The largest absolute Gasteiger partial charge is 0.480 e. The highest BCUT2D eigenvalue weighted by Gasteiger charge is 2.16. The molecule has 0 fully saturated rings. The number of nitrogens with two attached hydrogens (primary N) is 1. The molecule has 0 radical (unpaired) electrons. The zero-order chi connectivity index (χ0) is 18.4. The fourth-order valence-electron chi connectivity index (χ4n) is 2.40. The van der Waals surface area contributed by atoms with E-state index in [2.05, 4.69) is 15.0 Å². The second kappa shape index (κ2) is 8.84. The van der Waals surface area contributed by atoms with Crippen LogP contribution in [0.3, 0.4) is 0 Å². The van der Waals surface area contributed by atoms with Crippen LogP contribution >= 0.6 is 11.8 Å². The Labute approximate surface area is 155 Å². The first kappa shape index (κ1) is 18.4. The maximum atomic E-state index is 10.2. The Bertz CT molecular complexity index is 856. The molecule has 0 saturated carbocycles. The van der Waals surface area contributed by atoms with E-state index in [1.165, 1.54) is 11.8 Å². The second-order valence-electron chi connectivity index (χ2n) is 5.50. The number of rotatable bonds is 9. The zero-order valence-corrected chi connectivity index (χ0v) is 15.3. The van der Waals surface area contributed by atoms with Crippen molar-refractivity contribution in [3.05, 3.63) is 35.9 Å². The highest BCUT2D eigenvalue weighted by molar-refractivity contribution is 7.99. The Morgan fingerprint density at radius 2 is 1.92 bits per heavy atom. The quantitative estimate of drug-likeness (QED) is 0.332. The lowest BCUT2D eigenvalue weighted by Crippen LogP contribution is -2.06. The summed E-state index contributed by atoms with van der Waals surface area (Å²) in [6, 6.07) is 9.65. The topological polar surface area (TPSA) is 108 Å². The molecule has 0 aliphatic rings. The predicted octanol–water partition coefficient (Wildman–Crippen LogP) is 1.92. The lowest BCUT2D eigenvalue weighted by atomic mass is 10.2. The van der Waals surface area contributed by atoms with Gasteiger partial charge in [-0.15, -0.1) is 0 Å². The number of thioether (sulfide) groups is 1. The summed E-state index contributed by atoms with van der Waals surface area (Å²) in [6.45, 7) is 2.13. The van der Waals surface area contributed by atoms with Gasteiger partial charge in [0.25, 0.3) is 6.01 Å². The number of ether oxygens (including phenoxy) is 2. The Kier molecular flexibility index (Phi) is 6.26. The van der Waals surface area contributed by atoms with E-state index in [0.717, 1.165) is 5.56 Å². The standard InChI is InChI=1S/C17H21N5O3S/c1-24-7-8-25-9-10-26-16-20-14(18)13-15(21-16)22(17(23)19-13)11-12-5-3-2-4-6-12/h2-6H,7-11H2,1H3,(H,19,23)(H2,18,20,21). The van der Waals surface area contributed by atoms with Gasteiger partial charge in [0.05, 0.1) is 26.4 Å². The molecule has 0 unspecified atom stereocenters. The highest BCUT2D eigenvalue weighted by atomic mass is 32.2. The third-order valence-electron chi connectivity index (χ3n) is 3.66. The van der Waals surface area contributed by atoms with Crippen molar-refractivity contribution in [1.29, 1.82) is 0 Å². The van der Waals surface area contributed by atoms with Crippen molar-refractivity contribution >= 4 is 28.7 Å². The van der Waals surface area contributed by atoms with E-state index >= 15 is 0 Å². The number of benzene rings is 1. The molecule has 0 saturated heterocycles. The summed E-state index contributed by atoms with van der Waals surface area (Å²) >= 11 is 1.44. The van der Waals surface area contributed by atoms with E-state index in [-0.39, 0.29) is 11.8 Å². The smallest absolute Gasteiger partial charge is 0.296 e. The van der Waals surface area contributed by atoms with Gasteiger partial charge < -0.3 is 20.3 Å². The monoisotopic (exact) mass is 375 g/mol. The number of nitrogen functional groups attached to an aromatic ring is 1. The summed E-state index contributed by atoms with van der Waals surface area (Å²) in [5, 5.41) is 10.7. The van der Waals surface area contributed by atoms with Crippen LogP contribution in [0.2, 0.25) is 0 Å². The summed E-state index contributed by atoms with van der Waals surface area (Å²) < 4.78 is 12.0. The molecule has 3 aromatic rings. The molecule has 0 spiro atoms. The Morgan fingerprint density at radius 1 is 1.12 bits per heavy atom. The molecule has 3 rings (SSSR count). The molecule has 0 bridgehead atoms. The molecule has 0 aliphatic carbocycles. The van der Waals surface area contributed by atoms with Crippen molar-refractivity contribution < 1.29 is 14.6 Å². The molecule has 3 N–H and O–H groups in total. The molecule has 0 aliphatic heterocycles. The van der Waals surface area contributed by atoms with Gasteiger partial charge in [0.15, 0.2) is 22.1 Å². The zero-order valence-electron chi connectivity index (χ0n) is 14.5. The van der Waals surface area contributed by atoms with Crippen LogP contribution in [0.1, 0.15) is 5.56 Å². The molecule has 8 nitrogen and oxygen atoms in total. The van der Waals surface area contributed by atoms with Gasteiger partial charge in [-0.1, -0.05) is 42.1 Å². The average Bonchev–Trinajstić information content (AvgIpc) is 2.95. The molecule has 1 aromatic carbocycles. The van der Waals surface area contributed by atoms with Crippen molar-refractivity contribution in [2.75, 3.05) is 38.4 Å². The number of nitrogens with zero attached hydrogens (tertiary/aromatic N) is 4. The summed E-state index contributed by atoms with van der Waals surface area (Å²) in [7, 11) is 1.64. The minimum Gasteiger partial charge on any atom is -0.480 e. The number of hydrogen-bond donors (Lipinski definition) is 2. The van der Waals surface area contributed by atoms with E-state index in [1.807, 2.05) is 30.3 Å². The van der Waals surface area contributed by atoms with Crippen LogP contribution in [0, 0.1) is 0 Å². The third-order valence-corrected chi connectivity index (χ3v) is 4.47. The lowest BCUT2D eigenvalue weighted by Gasteiger charge is -2.07. The summed E-state index contributed by atoms with van der Waals surface area (Å²) in [5.74, 6) is 0.938. The summed E-state index contributed by atoms with van der Waals surface area (Å²) in [5.41, 5.74) is 7.95. The third kappa shape index (κ3) is 4.43. The number of imidazole rings is 1. The lowest BCUT2D eigenvalue weighted by molar-refractivity contribution is 0.0790. The first-order valence-corrected chi connectivity index (χ1v) is 9.13. The minimum absolute atomic E-state index is 0.130. The normalized spacial score (nSPS) is 11.3. The summed E-state index contributed by atoms with van der Waals surface area (Å²) in [4.78, 5) is 12.9. The van der Waals surface area contributed by atoms with Gasteiger partial charge in [-0.3, -0.25) is 4.57 Å². The molecule has 2 heterocycles. The number of aromatic nitrogens is 4. The highest BCUT2D eigenvalue weighted by Crippen LogP contribution is 2.26. The van der Waals surface area contributed by atoms with Gasteiger partial charge in [-0.2, -0.15) is 4.98 Å². The molecule has 9 heteroatoms. The van der Waals surface area contributed by atoms with Crippen LogP contribution in [0.5, 0.6) is 6.01 Å². The van der Waals surface area contributed by atoms with E-state index in [9.17, 15) is 5.11 Å². The fourth-order valence-corrected chi connectivity index (χ4v) is 3.10. The maximum Gasteiger partial charge on any atom is 0.296 e. The molecule has 0 atom stereocenters. The van der Waals surface area contributed by atoms with E-state index < -0.39 is 0 Å². The SMILES string of the molecule is COCCOCCSc1nc(N)c2nc(O)n(Cc3ccccc3)c2n1. The van der Waals surface area contributed by atoms with Crippen LogP contribution in [-0.2, 0) is 16.0 Å². The van der Waals surface area contributed by atoms with Crippen LogP contribution < -0.4 is 5.73 Å². The summed E-state index contributed by atoms with van der Waals surface area (Å²) in [6.07, 6.45) is 0. The van der Waals surface area contributed by atoms with Crippen LogP contribution in [0.15, 0.2) is 35.5 Å². The average molecular weight is 375 g/mol. The van der Waals surface area contributed by atoms with Gasteiger partial charge in [0.1, 0.15) is 0 Å².